The first-order valence-electron chi connectivity index (χ1n) is 8.70. The number of benzene rings is 1. The molecule has 0 unspecified atom stereocenters. The Morgan fingerprint density at radius 3 is 2.29 bits per heavy atom. The van der Waals surface area contributed by atoms with E-state index < -0.39 is 40.6 Å². The molecule has 0 saturated carbocycles. The van der Waals surface area contributed by atoms with E-state index >= 15 is 0 Å². The number of carbonyl (C=O) groups excluding carboxylic acids is 1. The molecule has 1 aromatic heterocycles. The molecule has 0 atom stereocenters. The Balaban J connectivity index is 2.76. The van der Waals surface area contributed by atoms with Gasteiger partial charge in [0.25, 0.3) is 10.0 Å². The summed E-state index contributed by atoms with van der Waals surface area (Å²) >= 11 is 1.03. The Bertz CT molecular complexity index is 1190. The van der Waals surface area contributed by atoms with Crippen LogP contribution in [0.5, 0.6) is 0 Å². The van der Waals surface area contributed by atoms with Crippen LogP contribution in [0.4, 0.5) is 4.79 Å². The first-order valence-corrected chi connectivity index (χ1v) is 12.5. The van der Waals surface area contributed by atoms with Crippen molar-refractivity contribution in [1.82, 2.24) is 22.7 Å². The molecule has 2 rings (SSSR count). The normalized spacial score (nSPS) is 12.2. The third kappa shape index (κ3) is 4.77. The van der Waals surface area contributed by atoms with E-state index in [1.165, 1.54) is 18.2 Å². The predicted octanol–water partition coefficient (Wildman–Crippen LogP) is 0.00230. The molecule has 16 heteroatoms. The minimum absolute atomic E-state index is 0.0355. The van der Waals surface area contributed by atoms with Crippen molar-refractivity contribution < 1.29 is 31.3 Å². The van der Waals surface area contributed by atoms with Gasteiger partial charge in [-0.1, -0.05) is 45.1 Å². The lowest BCUT2D eigenvalue weighted by Crippen LogP contribution is -2.51. The molecule has 0 fully saturated rings. The summed E-state index contributed by atoms with van der Waals surface area (Å²) in [6.45, 7) is 3.36. The predicted molar refractivity (Wildman–Crippen MR) is 110 cm³/mol. The van der Waals surface area contributed by atoms with Gasteiger partial charge in [0.2, 0.25) is 5.16 Å². The van der Waals surface area contributed by atoms with Crippen molar-refractivity contribution in [2.75, 3.05) is 26.5 Å². The number of hydrogen-bond donors (Lipinski definition) is 0. The molecule has 1 amide bonds. The minimum atomic E-state index is -5.10. The van der Waals surface area contributed by atoms with E-state index in [1.54, 1.807) is 13.8 Å². The molecule has 0 aliphatic heterocycles. The minimum Gasteiger partial charge on any atom is -0.407 e. The quantitative estimate of drug-likeness (QED) is 0.343. The summed E-state index contributed by atoms with van der Waals surface area (Å²) in [6, 6.07) is 4.62. The molecular formula is C15H21N5O8S3. The van der Waals surface area contributed by atoms with Crippen LogP contribution < -0.4 is 10.5 Å². The summed E-state index contributed by atoms with van der Waals surface area (Å²) in [5.41, 5.74) is -1.17. The van der Waals surface area contributed by atoms with Crippen LogP contribution >= 0.6 is 11.8 Å². The van der Waals surface area contributed by atoms with Gasteiger partial charge in [-0.3, -0.25) is 4.84 Å². The van der Waals surface area contributed by atoms with Gasteiger partial charge in [0, 0.05) is 7.05 Å². The van der Waals surface area contributed by atoms with Gasteiger partial charge in [-0.15, -0.1) is 14.5 Å². The Hall–Kier alpha value is -2.40. The number of hydrogen-bond acceptors (Lipinski definition) is 10. The molecule has 13 nitrogen and oxygen atoms in total. The van der Waals surface area contributed by atoms with Crippen LogP contribution in [-0.4, -0.2) is 72.1 Å². The highest BCUT2D eigenvalue weighted by Gasteiger charge is 2.45. The van der Waals surface area contributed by atoms with Gasteiger partial charge in [-0.05, 0) is 24.8 Å². The number of nitrogens with zero attached hydrogens (tertiary/aromatic N) is 5. The van der Waals surface area contributed by atoms with Crippen LogP contribution in [-0.2, 0) is 25.1 Å². The maximum atomic E-state index is 13.1. The van der Waals surface area contributed by atoms with E-state index in [0.717, 1.165) is 38.1 Å². The maximum Gasteiger partial charge on any atom is 0.388 e. The standard InChI is InChI=1S/C15H21N5O8S3/c1-5-28-19-13(29-6-2)16-18(14(19)21)15(22)20(31(25,26)17(3)27-4)30(23,24)12-10-8-7-9-11-12/h7-11H,5-6H2,1-4H3. The van der Waals surface area contributed by atoms with Gasteiger partial charge in [0.1, 0.15) is 6.61 Å². The first kappa shape index (κ1) is 24.9. The van der Waals surface area contributed by atoms with Crippen molar-refractivity contribution >= 4 is 38.0 Å². The van der Waals surface area contributed by atoms with E-state index in [9.17, 15) is 26.4 Å². The van der Waals surface area contributed by atoms with Crippen LogP contribution in [0, 0.1) is 0 Å². The summed E-state index contributed by atoms with van der Waals surface area (Å²) in [5, 5.41) is 3.71. The van der Waals surface area contributed by atoms with E-state index in [-0.39, 0.29) is 20.9 Å². The topological polar surface area (TPSA) is 150 Å². The molecule has 2 aromatic rings. The van der Waals surface area contributed by atoms with Crippen LogP contribution in [0.25, 0.3) is 0 Å². The van der Waals surface area contributed by atoms with E-state index in [0.29, 0.717) is 10.5 Å². The second-order valence-corrected chi connectivity index (χ2v) is 10.5. The molecule has 0 aliphatic carbocycles. The van der Waals surface area contributed by atoms with E-state index in [4.69, 9.17) is 4.84 Å². The maximum absolute atomic E-state index is 13.1. The first-order chi connectivity index (χ1) is 14.5. The highest BCUT2D eigenvalue weighted by atomic mass is 32.3. The number of amides is 1. The summed E-state index contributed by atoms with van der Waals surface area (Å²) < 4.78 is 52.5. The van der Waals surface area contributed by atoms with Gasteiger partial charge in [0.05, 0.1) is 12.0 Å². The highest BCUT2D eigenvalue weighted by Crippen LogP contribution is 2.22. The number of thioether (sulfide) groups is 1. The zero-order valence-electron chi connectivity index (χ0n) is 17.0. The average Bonchev–Trinajstić information content (AvgIpc) is 3.04. The average molecular weight is 496 g/mol. The van der Waals surface area contributed by atoms with Crippen molar-refractivity contribution in [3.63, 3.8) is 0 Å². The van der Waals surface area contributed by atoms with Crippen LogP contribution in [0.3, 0.4) is 0 Å². The second-order valence-electron chi connectivity index (χ2n) is 5.52. The van der Waals surface area contributed by atoms with Crippen molar-refractivity contribution in [3.05, 3.63) is 40.8 Å². The molecule has 172 valence electrons. The summed E-state index contributed by atoms with van der Waals surface area (Å²) in [7, 11) is -8.24. The molecule has 1 aromatic carbocycles. The third-order valence-corrected chi connectivity index (χ3v) is 8.42. The summed E-state index contributed by atoms with van der Waals surface area (Å²) in [6.07, 6.45) is 0. The molecule has 1 heterocycles. The smallest absolute Gasteiger partial charge is 0.388 e. The number of sulfonamides is 1. The molecule has 0 spiro atoms. The van der Waals surface area contributed by atoms with Crippen molar-refractivity contribution in [1.29, 1.82) is 0 Å². The monoisotopic (exact) mass is 495 g/mol. The Labute approximate surface area is 183 Å². The molecule has 0 bridgehead atoms. The fraction of sp³-hybridized carbons (Fsp3) is 0.400. The molecule has 0 saturated heterocycles. The second kappa shape index (κ2) is 9.82. The Morgan fingerprint density at radius 1 is 1.16 bits per heavy atom. The van der Waals surface area contributed by atoms with Gasteiger partial charge in [-0.25, -0.2) is 9.59 Å². The van der Waals surface area contributed by atoms with Crippen molar-refractivity contribution in [2.45, 2.75) is 23.9 Å². The fourth-order valence-electron chi connectivity index (χ4n) is 2.21. The summed E-state index contributed by atoms with van der Waals surface area (Å²) in [5.74, 6) is 0.439. The lowest BCUT2D eigenvalue weighted by molar-refractivity contribution is -0.0287. The third-order valence-electron chi connectivity index (χ3n) is 3.63. The molecule has 0 aliphatic rings. The molecular weight excluding hydrogens is 474 g/mol. The van der Waals surface area contributed by atoms with E-state index in [2.05, 4.69) is 9.94 Å². The van der Waals surface area contributed by atoms with Crippen molar-refractivity contribution in [2.24, 2.45) is 0 Å². The highest BCUT2D eigenvalue weighted by molar-refractivity contribution is 8.03. The lowest BCUT2D eigenvalue weighted by Gasteiger charge is -2.24. The lowest BCUT2D eigenvalue weighted by atomic mass is 10.4. The van der Waals surface area contributed by atoms with Gasteiger partial charge < -0.3 is 4.84 Å². The van der Waals surface area contributed by atoms with Gasteiger partial charge in [-0.2, -0.15) is 16.8 Å². The molecule has 31 heavy (non-hydrogen) atoms. The van der Waals surface area contributed by atoms with Crippen molar-refractivity contribution in [3.8, 4) is 0 Å². The van der Waals surface area contributed by atoms with E-state index in [1.807, 2.05) is 0 Å². The molecule has 0 radical (unpaired) electrons. The molecule has 0 N–H and O–H groups in total. The number of aromatic nitrogens is 3. The zero-order chi connectivity index (χ0) is 23.4. The largest absolute Gasteiger partial charge is 0.407 e. The fourth-order valence-corrected chi connectivity index (χ4v) is 6.03. The van der Waals surface area contributed by atoms with Gasteiger partial charge >= 0.3 is 21.9 Å². The SMILES string of the molecule is CCOn1c(SCC)nn(C(=O)N(S(=O)(=O)c2ccccc2)S(=O)(=O)N(C)OC)c1=O. The zero-order valence-corrected chi connectivity index (χ0v) is 19.5. The number of carbonyl (C=O) groups is 1. The van der Waals surface area contributed by atoms with Crippen LogP contribution in [0.2, 0.25) is 0 Å². The number of hydroxylamine groups is 1. The van der Waals surface area contributed by atoms with Crippen LogP contribution in [0.1, 0.15) is 13.8 Å². The number of rotatable bonds is 9. The summed E-state index contributed by atoms with van der Waals surface area (Å²) in [4.78, 5) is 35.1. The Kier molecular flexibility index (Phi) is 7.87. The van der Waals surface area contributed by atoms with Crippen LogP contribution in [0.15, 0.2) is 45.2 Å². The van der Waals surface area contributed by atoms with Gasteiger partial charge in [0.15, 0.2) is 0 Å². The Morgan fingerprint density at radius 2 is 1.77 bits per heavy atom.